The fourth-order valence-corrected chi connectivity index (χ4v) is 1.11. The van der Waals surface area contributed by atoms with Gasteiger partial charge >= 0.3 is 0 Å². The summed E-state index contributed by atoms with van der Waals surface area (Å²) < 4.78 is 4.80. The van der Waals surface area contributed by atoms with Crippen molar-refractivity contribution in [3.05, 3.63) is 0 Å². The predicted octanol–water partition coefficient (Wildman–Crippen LogP) is 0.0563. The average molecular weight is 241 g/mol. The van der Waals surface area contributed by atoms with Crippen LogP contribution < -0.4 is 0 Å². The molecule has 0 spiro atoms. The van der Waals surface area contributed by atoms with E-state index in [-0.39, 0.29) is 11.1 Å². The second-order valence-electron chi connectivity index (χ2n) is 2.30. The Morgan fingerprint density at radius 2 is 2.25 bits per heavy atom. The molecule has 2 atom stereocenters. The molecule has 0 fully saturated rings. The number of hydrogen-bond acceptors (Lipinski definition) is 4. The molecule has 4 nitrogen and oxygen atoms in total. The van der Waals surface area contributed by atoms with Crippen molar-refractivity contribution in [1.82, 2.24) is 0 Å². The molecule has 0 heterocycles. The first-order valence-electron chi connectivity index (χ1n) is 3.70. The molecule has 0 aliphatic carbocycles. The Morgan fingerprint density at radius 1 is 1.67 bits per heavy atom. The van der Waals surface area contributed by atoms with Crippen molar-refractivity contribution in [2.75, 3.05) is 13.2 Å². The molecular weight excluding hydrogens is 228 g/mol. The average Bonchev–Trinajstić information content (AvgIpc) is 2.01. The topological polar surface area (TPSA) is 66.8 Å². The molecule has 0 aromatic heterocycles. The zero-order chi connectivity index (χ0) is 9.56. The SMILES string of the molecule is CCO[C@H](CC(=O)Br)C(O)CO. The fraction of sp³-hybridized carbons (Fsp3) is 0.857. The van der Waals surface area contributed by atoms with Gasteiger partial charge in [0, 0.05) is 13.0 Å². The zero-order valence-electron chi connectivity index (χ0n) is 6.86. The Bertz CT molecular complexity index is 139. The van der Waals surface area contributed by atoms with E-state index in [0.29, 0.717) is 6.61 Å². The Labute approximate surface area is 79.7 Å². The van der Waals surface area contributed by atoms with Gasteiger partial charge in [-0.1, -0.05) is 0 Å². The Hall–Kier alpha value is 0.0300. The third kappa shape index (κ3) is 4.82. The van der Waals surface area contributed by atoms with Crippen molar-refractivity contribution < 1.29 is 19.7 Å². The number of carbonyl (C=O) groups excluding carboxylic acids is 1. The molecule has 12 heavy (non-hydrogen) atoms. The third-order valence-corrected chi connectivity index (χ3v) is 1.68. The molecular formula is C7H13BrO4. The highest BCUT2D eigenvalue weighted by Crippen LogP contribution is 2.07. The molecule has 0 rings (SSSR count). The van der Waals surface area contributed by atoms with Crippen LogP contribution in [0.4, 0.5) is 0 Å². The van der Waals surface area contributed by atoms with Crippen molar-refractivity contribution in [3.8, 4) is 0 Å². The van der Waals surface area contributed by atoms with Crippen LogP contribution in [-0.2, 0) is 9.53 Å². The summed E-state index contributed by atoms with van der Waals surface area (Å²) in [7, 11) is 0. The van der Waals surface area contributed by atoms with E-state index < -0.39 is 18.8 Å². The van der Waals surface area contributed by atoms with E-state index in [1.165, 1.54) is 0 Å². The van der Waals surface area contributed by atoms with Crippen molar-refractivity contribution in [2.45, 2.75) is 25.6 Å². The highest BCUT2D eigenvalue weighted by atomic mass is 79.9. The largest absolute Gasteiger partial charge is 0.394 e. The van der Waals surface area contributed by atoms with Gasteiger partial charge in [-0.3, -0.25) is 4.79 Å². The summed E-state index contributed by atoms with van der Waals surface area (Å²) in [5, 5.41) is 17.7. The molecule has 0 saturated carbocycles. The molecule has 0 bridgehead atoms. The molecule has 0 radical (unpaired) electrons. The molecule has 5 heteroatoms. The number of carbonyl (C=O) groups is 1. The summed E-state index contributed by atoms with van der Waals surface area (Å²) >= 11 is 2.73. The van der Waals surface area contributed by atoms with E-state index in [2.05, 4.69) is 15.9 Å². The van der Waals surface area contributed by atoms with Crippen LogP contribution in [-0.4, -0.2) is 40.3 Å². The number of hydrogen-bond donors (Lipinski definition) is 2. The van der Waals surface area contributed by atoms with Gasteiger partial charge in [0.05, 0.1) is 12.7 Å². The van der Waals surface area contributed by atoms with E-state index in [0.717, 1.165) is 0 Å². The Morgan fingerprint density at radius 3 is 2.58 bits per heavy atom. The van der Waals surface area contributed by atoms with Gasteiger partial charge in [0.1, 0.15) is 6.10 Å². The quantitative estimate of drug-likeness (QED) is 0.645. The molecule has 0 amide bonds. The number of aliphatic hydroxyl groups excluding tert-OH is 2. The summed E-state index contributed by atoms with van der Waals surface area (Å²) in [5.74, 6) is 0. The second-order valence-corrected chi connectivity index (χ2v) is 3.19. The first kappa shape index (κ1) is 12.0. The van der Waals surface area contributed by atoms with Crippen LogP contribution in [0.1, 0.15) is 13.3 Å². The minimum absolute atomic E-state index is 0.0650. The lowest BCUT2D eigenvalue weighted by Crippen LogP contribution is -2.33. The van der Waals surface area contributed by atoms with Crippen LogP contribution in [0.2, 0.25) is 0 Å². The number of rotatable bonds is 6. The summed E-state index contributed by atoms with van der Waals surface area (Å²) in [6, 6.07) is 0. The van der Waals surface area contributed by atoms with Crippen LogP contribution >= 0.6 is 15.9 Å². The van der Waals surface area contributed by atoms with Crippen LogP contribution in [0.15, 0.2) is 0 Å². The molecule has 2 N–H and O–H groups in total. The minimum atomic E-state index is -0.994. The Kier molecular flexibility index (Phi) is 6.55. The third-order valence-electron chi connectivity index (χ3n) is 1.36. The molecule has 0 aromatic carbocycles. The maximum absolute atomic E-state index is 10.6. The van der Waals surface area contributed by atoms with E-state index in [1.54, 1.807) is 6.92 Å². The van der Waals surface area contributed by atoms with Crippen LogP contribution in [0.5, 0.6) is 0 Å². The lowest BCUT2D eigenvalue weighted by Gasteiger charge is -2.19. The van der Waals surface area contributed by atoms with E-state index in [4.69, 9.17) is 14.9 Å². The van der Waals surface area contributed by atoms with Crippen molar-refractivity contribution >= 4 is 20.6 Å². The van der Waals surface area contributed by atoms with Crippen LogP contribution in [0.25, 0.3) is 0 Å². The highest BCUT2D eigenvalue weighted by molar-refractivity contribution is 9.18. The minimum Gasteiger partial charge on any atom is -0.394 e. The lowest BCUT2D eigenvalue weighted by molar-refractivity contribution is -0.117. The standard InChI is InChI=1S/C7H13BrO4/c1-2-12-6(3-7(8)11)5(10)4-9/h5-6,9-10H,2-4H2,1H3/t5?,6-/m1/s1. The number of halogens is 1. The second kappa shape index (κ2) is 6.54. The van der Waals surface area contributed by atoms with Gasteiger partial charge in [0.15, 0.2) is 0 Å². The van der Waals surface area contributed by atoms with Crippen molar-refractivity contribution in [3.63, 3.8) is 0 Å². The van der Waals surface area contributed by atoms with Gasteiger partial charge in [-0.15, -0.1) is 0 Å². The molecule has 72 valence electrons. The van der Waals surface area contributed by atoms with Crippen molar-refractivity contribution in [1.29, 1.82) is 0 Å². The van der Waals surface area contributed by atoms with Gasteiger partial charge in [0.25, 0.3) is 0 Å². The normalized spacial score (nSPS) is 15.7. The van der Waals surface area contributed by atoms with Crippen LogP contribution in [0, 0.1) is 0 Å². The first-order valence-corrected chi connectivity index (χ1v) is 4.50. The maximum atomic E-state index is 10.6. The van der Waals surface area contributed by atoms with E-state index in [9.17, 15) is 4.79 Å². The van der Waals surface area contributed by atoms with E-state index in [1.807, 2.05) is 0 Å². The summed E-state index contributed by atoms with van der Waals surface area (Å²) in [6.45, 7) is 1.77. The van der Waals surface area contributed by atoms with E-state index >= 15 is 0 Å². The van der Waals surface area contributed by atoms with Gasteiger partial charge in [-0.05, 0) is 22.9 Å². The fourth-order valence-electron chi connectivity index (χ4n) is 0.796. The molecule has 0 saturated heterocycles. The Balaban J connectivity index is 3.93. The molecule has 0 aliphatic heterocycles. The first-order chi connectivity index (χ1) is 5.61. The van der Waals surface area contributed by atoms with Crippen LogP contribution in [0.3, 0.4) is 0 Å². The number of aliphatic hydroxyl groups is 2. The molecule has 0 aliphatic rings. The molecule has 1 unspecified atom stereocenters. The lowest BCUT2D eigenvalue weighted by atomic mass is 10.1. The highest BCUT2D eigenvalue weighted by Gasteiger charge is 2.20. The summed E-state index contributed by atoms with van der Waals surface area (Å²) in [5.41, 5.74) is 0. The zero-order valence-corrected chi connectivity index (χ0v) is 8.45. The van der Waals surface area contributed by atoms with Crippen molar-refractivity contribution in [2.24, 2.45) is 0 Å². The van der Waals surface area contributed by atoms with Gasteiger partial charge in [-0.2, -0.15) is 0 Å². The predicted molar refractivity (Wildman–Crippen MR) is 47.1 cm³/mol. The molecule has 0 aromatic rings. The summed E-state index contributed by atoms with van der Waals surface area (Å²) in [4.78, 5) is 10.6. The van der Waals surface area contributed by atoms with Gasteiger partial charge in [-0.25, -0.2) is 0 Å². The van der Waals surface area contributed by atoms with Gasteiger partial charge in [0.2, 0.25) is 4.69 Å². The summed E-state index contributed by atoms with van der Waals surface area (Å²) in [6.07, 6.45) is -1.55. The smallest absolute Gasteiger partial charge is 0.200 e. The van der Waals surface area contributed by atoms with Gasteiger partial charge < -0.3 is 14.9 Å². The monoisotopic (exact) mass is 240 g/mol. The number of ether oxygens (including phenoxy) is 1. The maximum Gasteiger partial charge on any atom is 0.200 e.